The third-order valence-corrected chi connectivity index (χ3v) is 4.32. The van der Waals surface area contributed by atoms with Crippen molar-refractivity contribution in [2.75, 3.05) is 6.61 Å². The van der Waals surface area contributed by atoms with Crippen LogP contribution in [0.25, 0.3) is 0 Å². The predicted molar refractivity (Wildman–Crippen MR) is 75.9 cm³/mol. The van der Waals surface area contributed by atoms with E-state index in [2.05, 4.69) is 4.72 Å². The first-order valence-electron chi connectivity index (χ1n) is 6.86. The molecule has 0 bridgehead atoms. The Bertz CT molecular complexity index is 367. The second kappa shape index (κ2) is 8.12. The molecule has 3 atom stereocenters. The Kier molecular flexibility index (Phi) is 7.88. The minimum absolute atomic E-state index is 0.0545. The number of carbonyl (C=O) groups excluding carboxylic acids is 1. The number of esters is 1. The van der Waals surface area contributed by atoms with Crippen LogP contribution in [0.2, 0.25) is 0 Å². The molecule has 0 unspecified atom stereocenters. The van der Waals surface area contributed by atoms with Gasteiger partial charge >= 0.3 is 12.1 Å². The highest BCUT2D eigenvalue weighted by molar-refractivity contribution is 7.84. The lowest BCUT2D eigenvalue weighted by Crippen LogP contribution is -2.53. The van der Waals surface area contributed by atoms with Crippen LogP contribution in [0, 0.1) is 5.92 Å². The monoisotopic (exact) mass is 331 g/mol. The smallest absolute Gasteiger partial charge is 0.405 e. The van der Waals surface area contributed by atoms with E-state index < -0.39 is 39.8 Å². The minimum atomic E-state index is -4.69. The average molecular weight is 331 g/mol. The number of ether oxygens (including phenoxy) is 1. The van der Waals surface area contributed by atoms with Gasteiger partial charge in [0, 0.05) is 0 Å². The van der Waals surface area contributed by atoms with Crippen molar-refractivity contribution >= 4 is 17.0 Å². The number of hydrogen-bond donors (Lipinski definition) is 1. The molecule has 0 aromatic carbocycles. The third kappa shape index (κ3) is 6.78. The van der Waals surface area contributed by atoms with Crippen LogP contribution in [0.15, 0.2) is 0 Å². The molecule has 4 nitrogen and oxygen atoms in total. The van der Waals surface area contributed by atoms with E-state index in [1.54, 1.807) is 27.7 Å². The Hall–Kier alpha value is -0.630. The zero-order valence-corrected chi connectivity index (χ0v) is 13.9. The van der Waals surface area contributed by atoms with Gasteiger partial charge in [-0.1, -0.05) is 13.8 Å². The molecule has 0 aliphatic carbocycles. The lowest BCUT2D eigenvalue weighted by molar-refractivity contribution is -0.179. The molecule has 0 heterocycles. The number of carbonyl (C=O) groups is 1. The molecule has 0 radical (unpaired) electrons. The predicted octanol–water partition coefficient (Wildman–Crippen LogP) is 2.95. The number of rotatable bonds is 7. The van der Waals surface area contributed by atoms with Crippen LogP contribution < -0.4 is 4.72 Å². The number of halogens is 3. The highest BCUT2D eigenvalue weighted by Gasteiger charge is 2.49. The van der Waals surface area contributed by atoms with Crippen LogP contribution in [0.1, 0.15) is 47.5 Å². The Morgan fingerprint density at radius 3 is 2.10 bits per heavy atom. The van der Waals surface area contributed by atoms with E-state index in [0.29, 0.717) is 6.42 Å². The molecule has 0 rings (SSSR count). The molecule has 0 saturated carbocycles. The molecule has 0 aliphatic heterocycles. The second-order valence-electron chi connectivity index (χ2n) is 5.70. The molecule has 8 heteroatoms. The fourth-order valence-electron chi connectivity index (χ4n) is 1.52. The van der Waals surface area contributed by atoms with E-state index in [4.69, 9.17) is 4.74 Å². The van der Waals surface area contributed by atoms with Gasteiger partial charge in [-0.05, 0) is 33.6 Å². The second-order valence-corrected chi connectivity index (χ2v) is 7.70. The van der Waals surface area contributed by atoms with Crippen molar-refractivity contribution in [2.45, 2.75) is 64.4 Å². The van der Waals surface area contributed by atoms with E-state index in [1.807, 2.05) is 0 Å². The highest BCUT2D eigenvalue weighted by Crippen LogP contribution is 2.29. The molecule has 0 aliphatic rings. The van der Waals surface area contributed by atoms with Gasteiger partial charge in [-0.3, -0.25) is 4.79 Å². The maximum absolute atomic E-state index is 13.2. The minimum Gasteiger partial charge on any atom is -0.465 e. The fourth-order valence-corrected chi connectivity index (χ4v) is 2.40. The summed E-state index contributed by atoms with van der Waals surface area (Å²) < 4.78 is 57.5. The first-order valence-corrected chi connectivity index (χ1v) is 8.01. The zero-order chi connectivity index (χ0) is 16.8. The quantitative estimate of drug-likeness (QED) is 0.730. The maximum atomic E-state index is 13.2. The van der Waals surface area contributed by atoms with Gasteiger partial charge in [-0.15, -0.1) is 0 Å². The normalized spacial score (nSPS) is 17.1. The van der Waals surface area contributed by atoms with Crippen LogP contribution in [0.4, 0.5) is 13.2 Å². The molecule has 21 heavy (non-hydrogen) atoms. The van der Waals surface area contributed by atoms with Crippen LogP contribution >= 0.6 is 0 Å². The molecular formula is C13H24F3NO3S. The molecule has 0 spiro atoms. The van der Waals surface area contributed by atoms with Crippen LogP contribution in [-0.4, -0.2) is 33.8 Å². The van der Waals surface area contributed by atoms with Gasteiger partial charge in [0.05, 0.1) is 28.3 Å². The van der Waals surface area contributed by atoms with Crippen molar-refractivity contribution in [3.63, 3.8) is 0 Å². The summed E-state index contributed by atoms with van der Waals surface area (Å²) in [7, 11) is -1.94. The Morgan fingerprint density at radius 2 is 1.76 bits per heavy atom. The summed E-state index contributed by atoms with van der Waals surface area (Å²) in [6.45, 7) is 7.96. The lowest BCUT2D eigenvalue weighted by atomic mass is 9.97. The van der Waals surface area contributed by atoms with Crippen LogP contribution in [-0.2, 0) is 20.5 Å². The number of alkyl halides is 3. The van der Waals surface area contributed by atoms with E-state index in [1.165, 1.54) is 6.92 Å². The summed E-state index contributed by atoms with van der Waals surface area (Å²) in [5.41, 5.74) is 0. The van der Waals surface area contributed by atoms with Gasteiger partial charge in [0.2, 0.25) is 0 Å². The van der Waals surface area contributed by atoms with Gasteiger partial charge in [0.25, 0.3) is 0 Å². The first-order chi connectivity index (χ1) is 9.45. The van der Waals surface area contributed by atoms with Crippen molar-refractivity contribution < 1.29 is 26.9 Å². The maximum Gasteiger partial charge on any atom is 0.405 e. The Morgan fingerprint density at radius 1 is 1.24 bits per heavy atom. The summed E-state index contributed by atoms with van der Waals surface area (Å²) in [5, 5.41) is 0. The largest absolute Gasteiger partial charge is 0.465 e. The fraction of sp³-hybridized carbons (Fsp3) is 0.923. The zero-order valence-electron chi connectivity index (χ0n) is 13.0. The number of nitrogens with one attached hydrogen (secondary N) is 1. The molecule has 0 amide bonds. The number of hydrogen-bond acceptors (Lipinski definition) is 3. The molecule has 0 saturated heterocycles. The van der Waals surface area contributed by atoms with Gasteiger partial charge in [-0.25, -0.2) is 8.93 Å². The van der Waals surface area contributed by atoms with Crippen LogP contribution in [0.5, 0.6) is 0 Å². The standard InChI is InChI=1S/C13H24F3NO3S/c1-6-8-20-11(18)9(7-2)10(13(14,15)16)17-21(19)12(3,4)5/h9-10,17H,6-8H2,1-5H3/t9-,10-,21-/m1/s1. The lowest BCUT2D eigenvalue weighted by Gasteiger charge is -2.30. The molecule has 1 N–H and O–H groups in total. The van der Waals surface area contributed by atoms with E-state index in [0.717, 1.165) is 0 Å². The third-order valence-electron chi connectivity index (χ3n) is 2.74. The summed E-state index contributed by atoms with van der Waals surface area (Å²) in [5.74, 6) is -2.33. The molecule has 0 aromatic heterocycles. The topological polar surface area (TPSA) is 55.4 Å². The van der Waals surface area contributed by atoms with Crippen LogP contribution in [0.3, 0.4) is 0 Å². The van der Waals surface area contributed by atoms with Crippen molar-refractivity contribution in [3.05, 3.63) is 0 Å². The van der Waals surface area contributed by atoms with Crippen molar-refractivity contribution in [3.8, 4) is 0 Å². The summed E-state index contributed by atoms with van der Waals surface area (Å²) in [6.07, 6.45) is -4.21. The summed E-state index contributed by atoms with van der Waals surface area (Å²) in [4.78, 5) is 11.8. The SMILES string of the molecule is CCCOC(=O)[C@H](CC)[C@@H](N[S@](=O)C(C)(C)C)C(F)(F)F. The van der Waals surface area contributed by atoms with E-state index >= 15 is 0 Å². The van der Waals surface area contributed by atoms with E-state index in [-0.39, 0.29) is 13.0 Å². The average Bonchev–Trinajstić information content (AvgIpc) is 2.33. The molecule has 126 valence electrons. The van der Waals surface area contributed by atoms with Crippen molar-refractivity contribution in [1.82, 2.24) is 4.72 Å². The van der Waals surface area contributed by atoms with Crippen molar-refractivity contribution in [2.24, 2.45) is 5.92 Å². The summed E-state index contributed by atoms with van der Waals surface area (Å²) >= 11 is 0. The molecular weight excluding hydrogens is 307 g/mol. The summed E-state index contributed by atoms with van der Waals surface area (Å²) in [6, 6.07) is -2.19. The van der Waals surface area contributed by atoms with Gasteiger partial charge in [0.1, 0.15) is 6.04 Å². The van der Waals surface area contributed by atoms with Gasteiger partial charge < -0.3 is 4.74 Å². The Labute approximate surface area is 126 Å². The molecule has 0 aromatic rings. The molecule has 0 fully saturated rings. The van der Waals surface area contributed by atoms with Gasteiger partial charge in [0.15, 0.2) is 0 Å². The Balaban J connectivity index is 5.21. The first kappa shape index (κ1) is 20.4. The van der Waals surface area contributed by atoms with Crippen molar-refractivity contribution in [1.29, 1.82) is 0 Å². The van der Waals surface area contributed by atoms with E-state index in [9.17, 15) is 22.2 Å². The highest BCUT2D eigenvalue weighted by atomic mass is 32.2. The van der Waals surface area contributed by atoms with Gasteiger partial charge in [-0.2, -0.15) is 13.2 Å².